The van der Waals surface area contributed by atoms with E-state index < -0.39 is 5.41 Å². The molecule has 1 N–H and O–H groups in total. The Morgan fingerprint density at radius 1 is 1.26 bits per heavy atom. The lowest BCUT2D eigenvalue weighted by Gasteiger charge is -2.28. The molecule has 182 valence electrons. The molecule has 0 unspecified atom stereocenters. The lowest BCUT2D eigenvalue weighted by Crippen LogP contribution is -2.28. The monoisotopic (exact) mass is 510 g/mol. The first-order valence-electron chi connectivity index (χ1n) is 12.0. The van der Waals surface area contributed by atoms with Gasteiger partial charge in [-0.05, 0) is 55.5 Å². The molecule has 35 heavy (non-hydrogen) atoms. The van der Waals surface area contributed by atoms with Crippen LogP contribution in [0.15, 0.2) is 42.5 Å². The minimum absolute atomic E-state index is 0.0917. The zero-order valence-electron chi connectivity index (χ0n) is 19.5. The van der Waals surface area contributed by atoms with Crippen LogP contribution in [-0.4, -0.2) is 46.8 Å². The molecule has 0 amide bonds. The highest BCUT2D eigenvalue weighted by Crippen LogP contribution is 2.52. The van der Waals surface area contributed by atoms with E-state index in [1.807, 2.05) is 49.4 Å². The van der Waals surface area contributed by atoms with E-state index in [0.29, 0.717) is 23.7 Å². The van der Waals surface area contributed by atoms with E-state index in [1.54, 1.807) is 11.3 Å². The molecule has 0 bridgehead atoms. The van der Waals surface area contributed by atoms with Crippen molar-refractivity contribution in [1.82, 2.24) is 9.88 Å². The average Bonchev–Trinajstić information content (AvgIpc) is 3.13. The summed E-state index contributed by atoms with van der Waals surface area (Å²) in [6, 6.07) is 13.6. The molecule has 2 fully saturated rings. The molecule has 1 aliphatic carbocycles. The summed E-state index contributed by atoms with van der Waals surface area (Å²) in [4.78, 5) is 21.7. The van der Waals surface area contributed by atoms with Crippen molar-refractivity contribution in [3.8, 4) is 11.5 Å². The third-order valence-electron chi connectivity index (χ3n) is 7.41. The van der Waals surface area contributed by atoms with Crippen molar-refractivity contribution < 1.29 is 19.4 Å². The summed E-state index contributed by atoms with van der Waals surface area (Å²) >= 11 is 8.21. The summed E-state index contributed by atoms with van der Waals surface area (Å²) in [5, 5.41) is 11.7. The number of halogens is 1. The largest absolute Gasteiger partial charge is 0.454 e. The first-order valence-corrected chi connectivity index (χ1v) is 13.2. The van der Waals surface area contributed by atoms with Crippen LogP contribution in [0.5, 0.6) is 11.5 Å². The number of Topliss-reactive ketones (excluding diaryl/α,β-unsaturated/α-hetero) is 1. The third-order valence-corrected chi connectivity index (χ3v) is 8.96. The second-order valence-corrected chi connectivity index (χ2v) is 11.2. The van der Waals surface area contributed by atoms with Crippen LogP contribution in [0, 0.1) is 6.92 Å². The number of rotatable bonds is 7. The van der Waals surface area contributed by atoms with Crippen molar-refractivity contribution in [3.63, 3.8) is 0 Å². The number of thiazole rings is 1. The number of aromatic nitrogens is 1. The Bertz CT molecular complexity index is 1290. The first-order chi connectivity index (χ1) is 16.9. The number of benzene rings is 2. The van der Waals surface area contributed by atoms with Gasteiger partial charge in [-0.25, -0.2) is 4.98 Å². The molecule has 6 rings (SSSR count). The molecule has 0 spiro atoms. The van der Waals surface area contributed by atoms with Gasteiger partial charge < -0.3 is 14.6 Å². The van der Waals surface area contributed by atoms with Crippen LogP contribution in [-0.2, 0) is 16.6 Å². The van der Waals surface area contributed by atoms with Gasteiger partial charge in [0, 0.05) is 23.0 Å². The standard InChI is InChI=1S/C27H27ClN2O4S/c1-16-26(25(30-11-8-18(31)14-30)19-4-2-3-5-20(19)28)35-24(29-16)13-23(32)27(9-10-27)17-6-7-21-22(12-17)34-15-33-21/h2-7,12,18,25,31H,8-11,13-15H2,1H3/t18-,25+/m0/s1. The molecular formula is C27H27ClN2O4S. The van der Waals surface area contributed by atoms with Gasteiger partial charge in [-0.1, -0.05) is 35.9 Å². The summed E-state index contributed by atoms with van der Waals surface area (Å²) in [7, 11) is 0. The molecule has 3 aliphatic rings. The number of hydrogen-bond acceptors (Lipinski definition) is 7. The lowest BCUT2D eigenvalue weighted by atomic mass is 9.89. The van der Waals surface area contributed by atoms with Crippen molar-refractivity contribution in [2.45, 2.75) is 50.2 Å². The number of aliphatic hydroxyl groups excluding tert-OH is 1. The van der Waals surface area contributed by atoms with Gasteiger partial charge in [-0.15, -0.1) is 11.3 Å². The van der Waals surface area contributed by atoms with Crippen LogP contribution in [0.25, 0.3) is 0 Å². The smallest absolute Gasteiger partial charge is 0.231 e. The maximum atomic E-state index is 13.5. The molecule has 1 saturated heterocycles. The van der Waals surface area contributed by atoms with Crippen molar-refractivity contribution in [2.24, 2.45) is 0 Å². The summed E-state index contributed by atoms with van der Waals surface area (Å²) in [6.07, 6.45) is 2.39. The van der Waals surface area contributed by atoms with Crippen molar-refractivity contribution in [3.05, 3.63) is 74.2 Å². The summed E-state index contributed by atoms with van der Waals surface area (Å²) < 4.78 is 11.0. The maximum Gasteiger partial charge on any atom is 0.231 e. The molecule has 1 saturated carbocycles. The van der Waals surface area contributed by atoms with Gasteiger partial charge in [0.25, 0.3) is 0 Å². The molecule has 8 heteroatoms. The van der Waals surface area contributed by atoms with E-state index in [-0.39, 0.29) is 24.7 Å². The fraction of sp³-hybridized carbons (Fsp3) is 0.407. The molecule has 3 aromatic rings. The fourth-order valence-corrected chi connectivity index (χ4v) is 6.81. The summed E-state index contributed by atoms with van der Waals surface area (Å²) in [5.74, 6) is 1.64. The number of aliphatic hydroxyl groups is 1. The topological polar surface area (TPSA) is 71.9 Å². The highest BCUT2D eigenvalue weighted by molar-refractivity contribution is 7.12. The van der Waals surface area contributed by atoms with Gasteiger partial charge in [-0.2, -0.15) is 0 Å². The van der Waals surface area contributed by atoms with Crippen molar-refractivity contribution >= 4 is 28.7 Å². The highest BCUT2D eigenvalue weighted by atomic mass is 35.5. The van der Waals surface area contributed by atoms with Gasteiger partial charge in [0.2, 0.25) is 6.79 Å². The Morgan fingerprint density at radius 2 is 2.06 bits per heavy atom. The quantitative estimate of drug-likeness (QED) is 0.490. The second-order valence-electron chi connectivity index (χ2n) is 9.67. The van der Waals surface area contributed by atoms with E-state index in [1.165, 1.54) is 0 Å². The number of ketones is 1. The van der Waals surface area contributed by atoms with Gasteiger partial charge in [0.15, 0.2) is 11.5 Å². The van der Waals surface area contributed by atoms with Crippen LogP contribution in [0.1, 0.15) is 52.0 Å². The molecule has 0 radical (unpaired) electrons. The average molecular weight is 511 g/mol. The van der Waals surface area contributed by atoms with E-state index in [9.17, 15) is 9.90 Å². The number of fused-ring (bicyclic) bond motifs is 1. The van der Waals surface area contributed by atoms with Crippen LogP contribution in [0.4, 0.5) is 0 Å². The molecule has 6 nitrogen and oxygen atoms in total. The van der Waals surface area contributed by atoms with Crippen molar-refractivity contribution in [1.29, 1.82) is 0 Å². The molecule has 2 aromatic carbocycles. The van der Waals surface area contributed by atoms with Gasteiger partial charge >= 0.3 is 0 Å². The summed E-state index contributed by atoms with van der Waals surface area (Å²) in [6.45, 7) is 3.60. The molecular weight excluding hydrogens is 484 g/mol. The Morgan fingerprint density at radius 3 is 2.80 bits per heavy atom. The third kappa shape index (κ3) is 4.14. The van der Waals surface area contributed by atoms with Crippen LogP contribution in [0.2, 0.25) is 5.02 Å². The van der Waals surface area contributed by atoms with E-state index >= 15 is 0 Å². The number of likely N-dealkylation sites (tertiary alicyclic amines) is 1. The second kappa shape index (κ2) is 8.89. The predicted molar refractivity (Wildman–Crippen MR) is 135 cm³/mol. The van der Waals surface area contributed by atoms with E-state index in [0.717, 1.165) is 58.3 Å². The van der Waals surface area contributed by atoms with Crippen LogP contribution >= 0.6 is 22.9 Å². The Kier molecular flexibility index (Phi) is 5.84. The summed E-state index contributed by atoms with van der Waals surface area (Å²) in [5.41, 5.74) is 2.46. The molecule has 3 heterocycles. The normalized spacial score (nSPS) is 21.3. The minimum atomic E-state index is -0.456. The predicted octanol–water partition coefficient (Wildman–Crippen LogP) is 4.83. The molecule has 1 aromatic heterocycles. The van der Waals surface area contributed by atoms with Crippen LogP contribution < -0.4 is 9.47 Å². The highest BCUT2D eigenvalue weighted by Gasteiger charge is 2.51. The number of hydrogen-bond donors (Lipinski definition) is 1. The number of nitrogens with zero attached hydrogens (tertiary/aromatic N) is 2. The van der Waals surface area contributed by atoms with Crippen molar-refractivity contribution in [2.75, 3.05) is 19.9 Å². The SMILES string of the molecule is Cc1nc(CC(=O)C2(c3ccc4c(c3)OCO4)CC2)sc1[C@@H](c1ccccc1Cl)N1CC[C@H](O)C1. The van der Waals surface area contributed by atoms with Gasteiger partial charge in [0.1, 0.15) is 10.8 Å². The Hall–Kier alpha value is -2.45. The number of aryl methyl sites for hydroxylation is 1. The first kappa shape index (κ1) is 23.0. The molecule has 2 aliphatic heterocycles. The lowest BCUT2D eigenvalue weighted by molar-refractivity contribution is -0.120. The zero-order chi connectivity index (χ0) is 24.2. The van der Waals surface area contributed by atoms with Gasteiger partial charge in [-0.3, -0.25) is 9.69 Å². The van der Waals surface area contributed by atoms with E-state index in [4.69, 9.17) is 26.1 Å². The Balaban J connectivity index is 1.28. The number of carbonyl (C=O) groups excluding carboxylic acids is 1. The van der Waals surface area contributed by atoms with E-state index in [2.05, 4.69) is 4.90 Å². The van der Waals surface area contributed by atoms with Crippen LogP contribution in [0.3, 0.4) is 0 Å². The number of ether oxygens (including phenoxy) is 2. The molecule has 2 atom stereocenters. The maximum absolute atomic E-state index is 13.5. The zero-order valence-corrected chi connectivity index (χ0v) is 21.1. The fourth-order valence-electron chi connectivity index (χ4n) is 5.35. The number of carbonyl (C=O) groups is 1. The minimum Gasteiger partial charge on any atom is -0.454 e. The Labute approximate surface area is 213 Å². The number of β-amino-alcohol motifs (C(OH)–C–C–N with tert-alkyl or cyclic N) is 1. The van der Waals surface area contributed by atoms with Gasteiger partial charge in [0.05, 0.1) is 29.7 Å².